The molecule has 2 aromatic rings. The van der Waals surface area contributed by atoms with Crippen molar-refractivity contribution in [2.45, 2.75) is 26.2 Å². The Balaban J connectivity index is 2.37. The molecule has 2 heterocycles. The molecule has 1 aliphatic carbocycles. The lowest BCUT2D eigenvalue weighted by Gasteiger charge is -2.14. The fourth-order valence-corrected chi connectivity index (χ4v) is 2.12. The van der Waals surface area contributed by atoms with Gasteiger partial charge in [-0.25, -0.2) is 9.50 Å². The quantitative estimate of drug-likeness (QED) is 0.649. The van der Waals surface area contributed by atoms with Gasteiger partial charge in [-0.05, 0) is 19.8 Å². The van der Waals surface area contributed by atoms with Crippen LogP contribution in [0, 0.1) is 6.92 Å². The SMILES string of the molecule is Cc1cc2ncc3c(n2n1)CCCC3=O. The average molecular weight is 201 g/mol. The lowest BCUT2D eigenvalue weighted by Crippen LogP contribution is -2.16. The smallest absolute Gasteiger partial charge is 0.166 e. The summed E-state index contributed by atoms with van der Waals surface area (Å²) in [5.41, 5.74) is 3.54. The molecule has 0 saturated heterocycles. The van der Waals surface area contributed by atoms with Crippen LogP contribution in [0.1, 0.15) is 34.6 Å². The molecule has 4 nitrogen and oxygen atoms in total. The average Bonchev–Trinajstić information content (AvgIpc) is 2.59. The highest BCUT2D eigenvalue weighted by atomic mass is 16.1. The van der Waals surface area contributed by atoms with Gasteiger partial charge >= 0.3 is 0 Å². The molecule has 2 aromatic heterocycles. The fraction of sp³-hybridized carbons (Fsp3) is 0.364. The lowest BCUT2D eigenvalue weighted by molar-refractivity contribution is 0.0970. The summed E-state index contributed by atoms with van der Waals surface area (Å²) in [5, 5.41) is 4.36. The van der Waals surface area contributed by atoms with Crippen molar-refractivity contribution in [3.05, 3.63) is 29.2 Å². The highest BCUT2D eigenvalue weighted by molar-refractivity contribution is 5.97. The van der Waals surface area contributed by atoms with Crippen molar-refractivity contribution < 1.29 is 4.79 Å². The maximum absolute atomic E-state index is 11.7. The number of nitrogens with zero attached hydrogens (tertiary/aromatic N) is 3. The zero-order valence-corrected chi connectivity index (χ0v) is 8.53. The lowest BCUT2D eigenvalue weighted by atomic mass is 9.96. The van der Waals surface area contributed by atoms with Gasteiger partial charge in [0.1, 0.15) is 0 Å². The first kappa shape index (κ1) is 8.59. The molecule has 0 aromatic carbocycles. The zero-order chi connectivity index (χ0) is 10.4. The summed E-state index contributed by atoms with van der Waals surface area (Å²) in [6.45, 7) is 1.94. The van der Waals surface area contributed by atoms with Crippen LogP contribution >= 0.6 is 0 Å². The Morgan fingerprint density at radius 1 is 1.40 bits per heavy atom. The summed E-state index contributed by atoms with van der Waals surface area (Å²) >= 11 is 0. The van der Waals surface area contributed by atoms with E-state index in [4.69, 9.17) is 0 Å². The van der Waals surface area contributed by atoms with E-state index < -0.39 is 0 Å². The predicted octanol–water partition coefficient (Wildman–Crippen LogP) is 1.56. The molecule has 0 bridgehead atoms. The molecule has 0 radical (unpaired) electrons. The highest BCUT2D eigenvalue weighted by Gasteiger charge is 2.20. The molecule has 1 aliphatic rings. The van der Waals surface area contributed by atoms with Crippen LogP contribution < -0.4 is 0 Å². The molecule has 0 aliphatic heterocycles. The van der Waals surface area contributed by atoms with E-state index in [0.29, 0.717) is 6.42 Å². The minimum absolute atomic E-state index is 0.193. The molecule has 0 N–H and O–H groups in total. The molecule has 4 heteroatoms. The van der Waals surface area contributed by atoms with Gasteiger partial charge in [0, 0.05) is 18.7 Å². The van der Waals surface area contributed by atoms with E-state index in [0.717, 1.165) is 35.4 Å². The van der Waals surface area contributed by atoms with E-state index in [-0.39, 0.29) is 5.78 Å². The summed E-state index contributed by atoms with van der Waals surface area (Å²) < 4.78 is 1.81. The van der Waals surface area contributed by atoms with Gasteiger partial charge in [0.05, 0.1) is 17.0 Å². The molecule has 0 saturated carbocycles. The summed E-state index contributed by atoms with van der Waals surface area (Å²) in [6, 6.07) is 1.93. The topological polar surface area (TPSA) is 47.3 Å². The number of hydrogen-bond acceptors (Lipinski definition) is 3. The first-order chi connectivity index (χ1) is 7.25. The van der Waals surface area contributed by atoms with Crippen molar-refractivity contribution in [1.82, 2.24) is 14.6 Å². The standard InChI is InChI=1S/C11H11N3O/c1-7-5-11-12-6-8-9(14(11)13-7)3-2-4-10(8)15/h5-6H,2-4H2,1H3. The van der Waals surface area contributed by atoms with Crippen LogP contribution in [0.3, 0.4) is 0 Å². The number of hydrogen-bond donors (Lipinski definition) is 0. The second-order valence-corrected chi connectivity index (χ2v) is 3.95. The van der Waals surface area contributed by atoms with Crippen LogP contribution in [0.5, 0.6) is 0 Å². The normalized spacial score (nSPS) is 15.7. The van der Waals surface area contributed by atoms with Crippen LogP contribution in [0.15, 0.2) is 12.3 Å². The van der Waals surface area contributed by atoms with Crippen molar-refractivity contribution in [1.29, 1.82) is 0 Å². The van der Waals surface area contributed by atoms with Gasteiger partial charge in [0.25, 0.3) is 0 Å². The highest BCUT2D eigenvalue weighted by Crippen LogP contribution is 2.21. The summed E-state index contributed by atoms with van der Waals surface area (Å²) in [7, 11) is 0. The first-order valence-corrected chi connectivity index (χ1v) is 5.13. The maximum Gasteiger partial charge on any atom is 0.166 e. The summed E-state index contributed by atoms with van der Waals surface area (Å²) in [4.78, 5) is 15.9. The van der Waals surface area contributed by atoms with Crippen molar-refractivity contribution in [3.8, 4) is 0 Å². The second kappa shape index (κ2) is 2.89. The van der Waals surface area contributed by atoms with Gasteiger partial charge in [-0.3, -0.25) is 4.79 Å². The van der Waals surface area contributed by atoms with Gasteiger partial charge in [-0.15, -0.1) is 0 Å². The minimum Gasteiger partial charge on any atom is -0.294 e. The van der Waals surface area contributed by atoms with Crippen LogP contribution in [0.4, 0.5) is 0 Å². The molecule has 0 amide bonds. The number of carbonyl (C=O) groups excluding carboxylic acids is 1. The Morgan fingerprint density at radius 3 is 3.13 bits per heavy atom. The third kappa shape index (κ3) is 1.17. The number of aromatic nitrogens is 3. The minimum atomic E-state index is 0.193. The van der Waals surface area contributed by atoms with Crippen LogP contribution in [-0.4, -0.2) is 20.4 Å². The number of Topliss-reactive ketones (excluding diaryl/α,β-unsaturated/α-hetero) is 1. The van der Waals surface area contributed by atoms with Crippen molar-refractivity contribution in [2.75, 3.05) is 0 Å². The molecule has 76 valence electrons. The van der Waals surface area contributed by atoms with Crippen LogP contribution in [-0.2, 0) is 6.42 Å². The van der Waals surface area contributed by atoms with E-state index in [9.17, 15) is 4.79 Å². The summed E-state index contributed by atoms with van der Waals surface area (Å²) in [6.07, 6.45) is 4.17. The van der Waals surface area contributed by atoms with Crippen molar-refractivity contribution >= 4 is 11.4 Å². The monoisotopic (exact) mass is 201 g/mol. The van der Waals surface area contributed by atoms with Gasteiger partial charge in [0.2, 0.25) is 0 Å². The number of aryl methyl sites for hydroxylation is 2. The summed E-state index contributed by atoms with van der Waals surface area (Å²) in [5.74, 6) is 0.193. The van der Waals surface area contributed by atoms with E-state index in [2.05, 4.69) is 10.1 Å². The third-order valence-corrected chi connectivity index (χ3v) is 2.82. The molecule has 15 heavy (non-hydrogen) atoms. The van der Waals surface area contributed by atoms with Crippen molar-refractivity contribution in [3.63, 3.8) is 0 Å². The van der Waals surface area contributed by atoms with Gasteiger partial charge < -0.3 is 0 Å². The molecule has 0 spiro atoms. The van der Waals surface area contributed by atoms with E-state index in [1.165, 1.54) is 0 Å². The first-order valence-electron chi connectivity index (χ1n) is 5.13. The largest absolute Gasteiger partial charge is 0.294 e. The van der Waals surface area contributed by atoms with Gasteiger partial charge in [0.15, 0.2) is 11.4 Å². The third-order valence-electron chi connectivity index (χ3n) is 2.82. The number of fused-ring (bicyclic) bond motifs is 3. The molecular weight excluding hydrogens is 190 g/mol. The molecule has 0 fully saturated rings. The number of carbonyl (C=O) groups is 1. The Kier molecular flexibility index (Phi) is 1.65. The van der Waals surface area contributed by atoms with Crippen LogP contribution in [0.25, 0.3) is 5.65 Å². The molecule has 0 unspecified atom stereocenters. The van der Waals surface area contributed by atoms with E-state index >= 15 is 0 Å². The molecule has 3 rings (SSSR count). The van der Waals surface area contributed by atoms with Gasteiger partial charge in [-0.1, -0.05) is 0 Å². The van der Waals surface area contributed by atoms with Crippen molar-refractivity contribution in [2.24, 2.45) is 0 Å². The number of ketones is 1. The fourth-order valence-electron chi connectivity index (χ4n) is 2.12. The Morgan fingerprint density at radius 2 is 2.27 bits per heavy atom. The Hall–Kier alpha value is -1.71. The molecular formula is C11H11N3O. The van der Waals surface area contributed by atoms with Crippen LogP contribution in [0.2, 0.25) is 0 Å². The maximum atomic E-state index is 11.7. The Bertz CT molecular complexity index is 556. The van der Waals surface area contributed by atoms with E-state index in [1.54, 1.807) is 6.20 Å². The predicted molar refractivity (Wildman–Crippen MR) is 55.0 cm³/mol. The van der Waals surface area contributed by atoms with Gasteiger partial charge in [-0.2, -0.15) is 5.10 Å². The number of rotatable bonds is 0. The zero-order valence-electron chi connectivity index (χ0n) is 8.53. The Labute approximate surface area is 86.9 Å². The molecule has 0 atom stereocenters. The van der Waals surface area contributed by atoms with E-state index in [1.807, 2.05) is 17.5 Å². The second-order valence-electron chi connectivity index (χ2n) is 3.95.